The smallest absolute Gasteiger partial charge is 0.225 e. The average Bonchev–Trinajstić information content (AvgIpc) is 2.96. The van der Waals surface area contributed by atoms with E-state index >= 15 is 0 Å². The van der Waals surface area contributed by atoms with Gasteiger partial charge in [0.2, 0.25) is 11.8 Å². The molecular formula is C19H33N3O2. The van der Waals surface area contributed by atoms with Gasteiger partial charge in [0.15, 0.2) is 0 Å². The molecule has 3 aliphatic rings. The molecule has 1 aliphatic heterocycles. The van der Waals surface area contributed by atoms with Gasteiger partial charge < -0.3 is 15.5 Å². The highest BCUT2D eigenvalue weighted by atomic mass is 16.2. The summed E-state index contributed by atoms with van der Waals surface area (Å²) < 4.78 is 0. The number of nitrogens with zero attached hydrogens (tertiary/aromatic N) is 2. The number of hydrogen-bond acceptors (Lipinski definition) is 3. The summed E-state index contributed by atoms with van der Waals surface area (Å²) in [6.45, 7) is 3.03. The maximum atomic E-state index is 12.7. The standard InChI is InChI=1S/C19H33N3O2/c20-17-8-6-16(7-9-17)19(24)22-11-3-10-21(12-13-22)18(23)14-15-4-1-2-5-15/h15-17H,1-14,20H2. The number of carbonyl (C=O) groups excluding carboxylic acids is 2. The summed E-state index contributed by atoms with van der Waals surface area (Å²) in [5.74, 6) is 1.36. The Morgan fingerprint density at radius 2 is 1.42 bits per heavy atom. The third-order valence-electron chi connectivity index (χ3n) is 6.22. The van der Waals surface area contributed by atoms with Gasteiger partial charge in [-0.15, -0.1) is 0 Å². The van der Waals surface area contributed by atoms with Gasteiger partial charge >= 0.3 is 0 Å². The fraction of sp³-hybridized carbons (Fsp3) is 0.895. The second-order valence-electron chi connectivity index (χ2n) is 8.03. The second-order valence-corrected chi connectivity index (χ2v) is 8.03. The lowest BCUT2D eigenvalue weighted by Crippen LogP contribution is -2.42. The summed E-state index contributed by atoms with van der Waals surface area (Å²) in [6, 6.07) is 0.280. The van der Waals surface area contributed by atoms with Crippen LogP contribution in [0.3, 0.4) is 0 Å². The monoisotopic (exact) mass is 335 g/mol. The number of carbonyl (C=O) groups is 2. The van der Waals surface area contributed by atoms with E-state index in [1.54, 1.807) is 0 Å². The van der Waals surface area contributed by atoms with Gasteiger partial charge in [0.1, 0.15) is 0 Å². The van der Waals surface area contributed by atoms with Gasteiger partial charge in [-0.2, -0.15) is 0 Å². The van der Waals surface area contributed by atoms with Crippen LogP contribution < -0.4 is 5.73 Å². The highest BCUT2D eigenvalue weighted by molar-refractivity contribution is 5.79. The molecule has 0 aromatic heterocycles. The van der Waals surface area contributed by atoms with Gasteiger partial charge in [0.05, 0.1) is 0 Å². The maximum absolute atomic E-state index is 12.7. The summed E-state index contributed by atoms with van der Waals surface area (Å²) in [5, 5.41) is 0. The van der Waals surface area contributed by atoms with Crippen molar-refractivity contribution in [3.05, 3.63) is 0 Å². The predicted molar refractivity (Wildman–Crippen MR) is 94.3 cm³/mol. The lowest BCUT2D eigenvalue weighted by molar-refractivity contribution is -0.137. The molecule has 5 nitrogen and oxygen atoms in total. The Kier molecular flexibility index (Phi) is 6.14. The van der Waals surface area contributed by atoms with Crippen LogP contribution in [0.5, 0.6) is 0 Å². The zero-order valence-electron chi connectivity index (χ0n) is 14.9. The number of amides is 2. The lowest BCUT2D eigenvalue weighted by Gasteiger charge is -2.30. The van der Waals surface area contributed by atoms with Crippen molar-refractivity contribution < 1.29 is 9.59 Å². The van der Waals surface area contributed by atoms with Gasteiger partial charge in [0, 0.05) is 44.6 Å². The fourth-order valence-electron chi connectivity index (χ4n) is 4.60. The quantitative estimate of drug-likeness (QED) is 0.859. The summed E-state index contributed by atoms with van der Waals surface area (Å²) in [6.07, 6.45) is 10.4. The molecule has 2 N–H and O–H groups in total. The molecule has 5 heteroatoms. The molecule has 136 valence electrons. The van der Waals surface area contributed by atoms with Crippen molar-refractivity contribution in [1.29, 1.82) is 0 Å². The van der Waals surface area contributed by atoms with Crippen molar-refractivity contribution >= 4 is 11.8 Å². The van der Waals surface area contributed by atoms with Crippen LogP contribution in [0.4, 0.5) is 0 Å². The van der Waals surface area contributed by atoms with E-state index in [1.807, 2.05) is 9.80 Å². The fourth-order valence-corrected chi connectivity index (χ4v) is 4.60. The molecule has 0 radical (unpaired) electrons. The molecule has 1 saturated heterocycles. The highest BCUT2D eigenvalue weighted by Gasteiger charge is 2.30. The van der Waals surface area contributed by atoms with E-state index in [1.165, 1.54) is 25.7 Å². The van der Waals surface area contributed by atoms with E-state index in [2.05, 4.69) is 0 Å². The van der Waals surface area contributed by atoms with Crippen LogP contribution in [0, 0.1) is 11.8 Å². The van der Waals surface area contributed by atoms with Crippen molar-refractivity contribution in [2.24, 2.45) is 17.6 Å². The molecule has 3 rings (SSSR count). The van der Waals surface area contributed by atoms with Crippen LogP contribution in [-0.2, 0) is 9.59 Å². The summed E-state index contributed by atoms with van der Waals surface area (Å²) in [5.41, 5.74) is 5.95. The molecule has 0 bridgehead atoms. The normalized spacial score (nSPS) is 29.5. The van der Waals surface area contributed by atoms with Crippen LogP contribution in [0.2, 0.25) is 0 Å². The Hall–Kier alpha value is -1.10. The summed E-state index contributed by atoms with van der Waals surface area (Å²) in [4.78, 5) is 29.3. The van der Waals surface area contributed by atoms with Gasteiger partial charge in [-0.3, -0.25) is 9.59 Å². The molecule has 0 atom stereocenters. The van der Waals surface area contributed by atoms with E-state index in [9.17, 15) is 9.59 Å². The molecule has 2 amide bonds. The zero-order chi connectivity index (χ0) is 16.9. The SMILES string of the molecule is NC1CCC(C(=O)N2CCCN(C(=O)CC3CCCC3)CC2)CC1. The van der Waals surface area contributed by atoms with Crippen LogP contribution in [0.15, 0.2) is 0 Å². The first-order valence-corrected chi connectivity index (χ1v) is 9.95. The molecule has 0 unspecified atom stereocenters. The van der Waals surface area contributed by atoms with E-state index in [4.69, 9.17) is 5.73 Å². The summed E-state index contributed by atoms with van der Waals surface area (Å²) >= 11 is 0. The molecule has 24 heavy (non-hydrogen) atoms. The Labute approximate surface area is 145 Å². The minimum Gasteiger partial charge on any atom is -0.341 e. The average molecular weight is 335 g/mol. The Balaban J connectivity index is 1.47. The first kappa shape index (κ1) is 17.7. The van der Waals surface area contributed by atoms with Crippen molar-refractivity contribution in [2.75, 3.05) is 26.2 Å². The zero-order valence-corrected chi connectivity index (χ0v) is 14.9. The third kappa shape index (κ3) is 4.50. The van der Waals surface area contributed by atoms with Gasteiger partial charge in [-0.05, 0) is 50.9 Å². The Bertz CT molecular complexity index is 440. The van der Waals surface area contributed by atoms with Crippen molar-refractivity contribution in [3.63, 3.8) is 0 Å². The highest BCUT2D eigenvalue weighted by Crippen LogP contribution is 2.28. The van der Waals surface area contributed by atoms with Crippen molar-refractivity contribution in [1.82, 2.24) is 9.80 Å². The van der Waals surface area contributed by atoms with E-state index in [-0.39, 0.29) is 12.0 Å². The molecule has 0 aromatic carbocycles. The Morgan fingerprint density at radius 1 is 0.792 bits per heavy atom. The topological polar surface area (TPSA) is 66.6 Å². The minimum atomic E-state index is 0.158. The summed E-state index contributed by atoms with van der Waals surface area (Å²) in [7, 11) is 0. The number of rotatable bonds is 3. The Morgan fingerprint density at radius 3 is 2.12 bits per heavy atom. The van der Waals surface area contributed by atoms with Crippen molar-refractivity contribution in [3.8, 4) is 0 Å². The molecule has 1 heterocycles. The van der Waals surface area contributed by atoms with Crippen LogP contribution in [-0.4, -0.2) is 53.8 Å². The van der Waals surface area contributed by atoms with Gasteiger partial charge in [0.25, 0.3) is 0 Å². The molecule has 3 fully saturated rings. The molecular weight excluding hydrogens is 302 g/mol. The van der Waals surface area contributed by atoms with E-state index in [0.29, 0.717) is 37.2 Å². The molecule has 0 spiro atoms. The molecule has 2 saturated carbocycles. The minimum absolute atomic E-state index is 0.158. The second kappa shape index (κ2) is 8.32. The maximum Gasteiger partial charge on any atom is 0.225 e. The van der Waals surface area contributed by atoms with Gasteiger partial charge in [-0.25, -0.2) is 0 Å². The number of nitrogens with two attached hydrogens (primary N) is 1. The molecule has 2 aliphatic carbocycles. The predicted octanol–water partition coefficient (Wildman–Crippen LogP) is 2.15. The van der Waals surface area contributed by atoms with Crippen LogP contribution in [0.25, 0.3) is 0 Å². The number of hydrogen-bond donors (Lipinski definition) is 1. The van der Waals surface area contributed by atoms with E-state index in [0.717, 1.165) is 45.2 Å². The van der Waals surface area contributed by atoms with Crippen LogP contribution in [0.1, 0.15) is 64.2 Å². The van der Waals surface area contributed by atoms with Gasteiger partial charge in [-0.1, -0.05) is 12.8 Å². The third-order valence-corrected chi connectivity index (χ3v) is 6.22. The van der Waals surface area contributed by atoms with Crippen molar-refractivity contribution in [2.45, 2.75) is 70.3 Å². The first-order chi connectivity index (χ1) is 11.6. The largest absolute Gasteiger partial charge is 0.341 e. The molecule has 0 aromatic rings. The first-order valence-electron chi connectivity index (χ1n) is 9.95. The lowest BCUT2D eigenvalue weighted by atomic mass is 9.85. The van der Waals surface area contributed by atoms with Crippen LogP contribution >= 0.6 is 0 Å². The van der Waals surface area contributed by atoms with E-state index < -0.39 is 0 Å².